The molecule has 0 amide bonds. The molecular formula is C16H15BrClF2N. The number of benzene rings is 2. The van der Waals surface area contributed by atoms with Crippen LogP contribution in [0.15, 0.2) is 40.9 Å². The maximum absolute atomic E-state index is 13.2. The molecule has 0 bridgehead atoms. The van der Waals surface area contributed by atoms with E-state index in [-0.39, 0.29) is 6.04 Å². The summed E-state index contributed by atoms with van der Waals surface area (Å²) in [5.74, 6) is -1.11. The van der Waals surface area contributed by atoms with Crippen LogP contribution in [0.25, 0.3) is 0 Å². The predicted molar refractivity (Wildman–Crippen MR) is 85.8 cm³/mol. The molecule has 0 spiro atoms. The van der Waals surface area contributed by atoms with Gasteiger partial charge in [-0.05, 0) is 55.3 Å². The van der Waals surface area contributed by atoms with Gasteiger partial charge in [0.05, 0.1) is 0 Å². The summed E-state index contributed by atoms with van der Waals surface area (Å²) in [6.45, 7) is 0. The van der Waals surface area contributed by atoms with E-state index in [1.165, 1.54) is 12.1 Å². The Balaban J connectivity index is 2.12. The van der Waals surface area contributed by atoms with Crippen LogP contribution in [0.3, 0.4) is 0 Å². The Bertz CT molecular complexity index is 613. The molecule has 2 rings (SSSR count). The molecule has 2 aromatic rings. The van der Waals surface area contributed by atoms with E-state index >= 15 is 0 Å². The van der Waals surface area contributed by atoms with Crippen LogP contribution in [-0.4, -0.2) is 13.1 Å². The molecule has 0 aliphatic carbocycles. The van der Waals surface area contributed by atoms with Crippen LogP contribution in [-0.2, 0) is 12.8 Å². The maximum Gasteiger partial charge on any atom is 0.126 e. The molecule has 0 saturated heterocycles. The van der Waals surface area contributed by atoms with Gasteiger partial charge >= 0.3 is 0 Å². The van der Waals surface area contributed by atoms with E-state index in [0.717, 1.165) is 16.1 Å². The van der Waals surface area contributed by atoms with Crippen molar-refractivity contribution in [3.63, 3.8) is 0 Å². The monoisotopic (exact) mass is 373 g/mol. The van der Waals surface area contributed by atoms with Crippen molar-refractivity contribution in [1.29, 1.82) is 0 Å². The van der Waals surface area contributed by atoms with Crippen LogP contribution < -0.4 is 5.32 Å². The maximum atomic E-state index is 13.2. The minimum absolute atomic E-state index is 0.0462. The van der Waals surface area contributed by atoms with Gasteiger partial charge in [0, 0.05) is 21.6 Å². The van der Waals surface area contributed by atoms with Gasteiger partial charge in [0.1, 0.15) is 11.6 Å². The van der Waals surface area contributed by atoms with Crippen molar-refractivity contribution in [1.82, 2.24) is 5.32 Å². The zero-order chi connectivity index (χ0) is 15.4. The predicted octanol–water partition coefficient (Wildman–Crippen LogP) is 4.75. The summed E-state index contributed by atoms with van der Waals surface area (Å²) in [4.78, 5) is 0. The molecule has 0 fully saturated rings. The molecule has 2 aromatic carbocycles. The third-order valence-corrected chi connectivity index (χ3v) is 4.14. The van der Waals surface area contributed by atoms with Crippen molar-refractivity contribution in [2.24, 2.45) is 0 Å². The molecule has 0 saturated carbocycles. The van der Waals surface area contributed by atoms with E-state index in [9.17, 15) is 8.78 Å². The van der Waals surface area contributed by atoms with Gasteiger partial charge in [-0.3, -0.25) is 0 Å². The standard InChI is InChI=1S/C16H15BrClF2N/c1-21-15(6-10-4-13(19)9-14(20)5-10)7-11-2-3-12(17)8-16(11)18/h2-5,8-9,15,21H,6-7H2,1H3. The molecule has 0 heterocycles. The number of nitrogens with one attached hydrogen (secondary N) is 1. The molecule has 21 heavy (non-hydrogen) atoms. The Kier molecular flexibility index (Phi) is 5.73. The van der Waals surface area contributed by atoms with E-state index in [1.807, 2.05) is 25.2 Å². The summed E-state index contributed by atoms with van der Waals surface area (Å²) < 4.78 is 27.4. The second kappa shape index (κ2) is 7.34. The van der Waals surface area contributed by atoms with Gasteiger partial charge in [-0.2, -0.15) is 0 Å². The first-order valence-corrected chi connectivity index (χ1v) is 7.71. The molecule has 1 N–H and O–H groups in total. The van der Waals surface area contributed by atoms with Crippen LogP contribution in [0, 0.1) is 11.6 Å². The molecular weight excluding hydrogens is 360 g/mol. The third-order valence-electron chi connectivity index (χ3n) is 3.29. The number of hydrogen-bond acceptors (Lipinski definition) is 1. The van der Waals surface area contributed by atoms with Gasteiger partial charge in [-0.25, -0.2) is 8.78 Å². The highest BCUT2D eigenvalue weighted by Crippen LogP contribution is 2.23. The molecule has 0 aliphatic heterocycles. The average molecular weight is 375 g/mol. The van der Waals surface area contributed by atoms with Crippen molar-refractivity contribution >= 4 is 27.5 Å². The fourth-order valence-electron chi connectivity index (χ4n) is 2.24. The fraction of sp³-hybridized carbons (Fsp3) is 0.250. The van der Waals surface area contributed by atoms with Crippen LogP contribution >= 0.6 is 27.5 Å². The molecule has 0 aliphatic rings. The highest BCUT2D eigenvalue weighted by molar-refractivity contribution is 9.10. The van der Waals surface area contributed by atoms with Gasteiger partial charge in [0.2, 0.25) is 0 Å². The quantitative estimate of drug-likeness (QED) is 0.796. The van der Waals surface area contributed by atoms with Gasteiger partial charge in [-0.15, -0.1) is 0 Å². The summed E-state index contributed by atoms with van der Waals surface area (Å²) in [5, 5.41) is 3.84. The lowest BCUT2D eigenvalue weighted by molar-refractivity contribution is 0.543. The Labute approximate surface area is 136 Å². The number of hydrogen-bond donors (Lipinski definition) is 1. The van der Waals surface area contributed by atoms with Gasteiger partial charge in [0.15, 0.2) is 0 Å². The van der Waals surface area contributed by atoms with Gasteiger partial charge < -0.3 is 5.32 Å². The topological polar surface area (TPSA) is 12.0 Å². The fourth-order valence-corrected chi connectivity index (χ4v) is 2.99. The van der Waals surface area contributed by atoms with Crippen LogP contribution in [0.1, 0.15) is 11.1 Å². The minimum atomic E-state index is -0.554. The smallest absolute Gasteiger partial charge is 0.126 e. The number of halogens is 4. The molecule has 5 heteroatoms. The van der Waals surface area contributed by atoms with Gasteiger partial charge in [-0.1, -0.05) is 33.6 Å². The Hall–Kier alpha value is -0.970. The highest BCUT2D eigenvalue weighted by Gasteiger charge is 2.12. The zero-order valence-electron chi connectivity index (χ0n) is 11.5. The summed E-state index contributed by atoms with van der Waals surface area (Å²) in [6.07, 6.45) is 1.21. The molecule has 1 nitrogen and oxygen atoms in total. The van der Waals surface area contributed by atoms with Crippen LogP contribution in [0.4, 0.5) is 8.78 Å². The van der Waals surface area contributed by atoms with Crippen LogP contribution in [0.5, 0.6) is 0 Å². The number of rotatable bonds is 5. The highest BCUT2D eigenvalue weighted by atomic mass is 79.9. The molecule has 0 aromatic heterocycles. The van der Waals surface area contributed by atoms with Gasteiger partial charge in [0.25, 0.3) is 0 Å². The van der Waals surface area contributed by atoms with Crippen molar-refractivity contribution in [3.05, 3.63) is 68.7 Å². The Morgan fingerprint density at radius 1 is 1.10 bits per heavy atom. The van der Waals surface area contributed by atoms with Crippen molar-refractivity contribution in [3.8, 4) is 0 Å². The Morgan fingerprint density at radius 2 is 1.76 bits per heavy atom. The molecule has 1 atom stereocenters. The summed E-state index contributed by atoms with van der Waals surface area (Å²) in [6, 6.07) is 9.35. The summed E-state index contributed by atoms with van der Waals surface area (Å²) in [7, 11) is 1.83. The molecule has 112 valence electrons. The van der Waals surface area contributed by atoms with Crippen molar-refractivity contribution in [2.75, 3.05) is 7.05 Å². The van der Waals surface area contributed by atoms with Crippen molar-refractivity contribution < 1.29 is 8.78 Å². The van der Waals surface area contributed by atoms with E-state index in [4.69, 9.17) is 11.6 Å². The van der Waals surface area contributed by atoms with E-state index in [0.29, 0.717) is 23.4 Å². The largest absolute Gasteiger partial charge is 0.316 e. The summed E-state index contributed by atoms with van der Waals surface area (Å²) in [5.41, 5.74) is 1.62. The lowest BCUT2D eigenvalue weighted by Crippen LogP contribution is -2.30. The van der Waals surface area contributed by atoms with Crippen molar-refractivity contribution in [2.45, 2.75) is 18.9 Å². The van der Waals surface area contributed by atoms with E-state index in [1.54, 1.807) is 0 Å². The normalized spacial score (nSPS) is 12.4. The first-order chi connectivity index (χ1) is 9.97. The minimum Gasteiger partial charge on any atom is -0.316 e. The molecule has 0 radical (unpaired) electrons. The first-order valence-electron chi connectivity index (χ1n) is 6.54. The SMILES string of the molecule is CNC(Cc1cc(F)cc(F)c1)Cc1ccc(Br)cc1Cl. The average Bonchev–Trinajstić information content (AvgIpc) is 2.39. The second-order valence-corrected chi connectivity index (χ2v) is 6.23. The number of likely N-dealkylation sites (N-methyl/N-ethyl adjacent to an activating group) is 1. The van der Waals surface area contributed by atoms with E-state index in [2.05, 4.69) is 21.2 Å². The van der Waals surface area contributed by atoms with Crippen LogP contribution in [0.2, 0.25) is 5.02 Å². The lowest BCUT2D eigenvalue weighted by atomic mass is 9.99. The third kappa shape index (κ3) is 4.77. The zero-order valence-corrected chi connectivity index (χ0v) is 13.8. The first kappa shape index (κ1) is 16.4. The summed E-state index contributed by atoms with van der Waals surface area (Å²) >= 11 is 9.57. The Morgan fingerprint density at radius 3 is 2.33 bits per heavy atom. The second-order valence-electron chi connectivity index (χ2n) is 4.91. The van der Waals surface area contributed by atoms with E-state index < -0.39 is 11.6 Å². The lowest BCUT2D eigenvalue weighted by Gasteiger charge is -2.17. The molecule has 1 unspecified atom stereocenters.